The van der Waals surface area contributed by atoms with Gasteiger partial charge in [-0.3, -0.25) is 9.59 Å². The maximum Gasteiger partial charge on any atom is 0.270 e. The molecular formula is C22H27N7O3. The van der Waals surface area contributed by atoms with E-state index in [0.29, 0.717) is 11.4 Å². The first-order valence-electron chi connectivity index (χ1n) is 9.95. The Kier molecular flexibility index (Phi) is 9.01. The van der Waals surface area contributed by atoms with E-state index >= 15 is 0 Å². The lowest BCUT2D eigenvalue weighted by molar-refractivity contribution is -0.118. The Morgan fingerprint density at radius 3 is 2.62 bits per heavy atom. The molecule has 1 unspecified atom stereocenters. The highest BCUT2D eigenvalue weighted by Crippen LogP contribution is 2.14. The molecule has 0 saturated carbocycles. The van der Waals surface area contributed by atoms with Crippen molar-refractivity contribution in [1.29, 1.82) is 5.26 Å². The summed E-state index contributed by atoms with van der Waals surface area (Å²) in [5, 5.41) is 15.8. The molecule has 168 valence electrons. The van der Waals surface area contributed by atoms with Crippen LogP contribution in [0.15, 0.2) is 54.4 Å². The zero-order chi connectivity index (χ0) is 23.5. The summed E-state index contributed by atoms with van der Waals surface area (Å²) in [5.74, 6) is 5.15. The number of carbonyl (C=O) groups is 2. The number of nitrogens with two attached hydrogens (primary N) is 2. The van der Waals surface area contributed by atoms with Crippen molar-refractivity contribution in [3.05, 3.63) is 71.2 Å². The monoisotopic (exact) mass is 437 g/mol. The number of methoxy groups -OCH3 is 1. The van der Waals surface area contributed by atoms with Crippen LogP contribution in [0, 0.1) is 11.3 Å². The highest BCUT2D eigenvalue weighted by Gasteiger charge is 2.16. The Bertz CT molecular complexity index is 999. The molecule has 2 aromatic rings. The van der Waals surface area contributed by atoms with Crippen LogP contribution in [0.5, 0.6) is 5.88 Å². The number of aromatic nitrogens is 1. The third kappa shape index (κ3) is 7.00. The third-order valence-corrected chi connectivity index (χ3v) is 4.51. The van der Waals surface area contributed by atoms with Crippen molar-refractivity contribution in [2.45, 2.75) is 19.4 Å². The van der Waals surface area contributed by atoms with Gasteiger partial charge in [0.2, 0.25) is 5.88 Å². The molecule has 32 heavy (non-hydrogen) atoms. The van der Waals surface area contributed by atoms with Crippen LogP contribution in [0.3, 0.4) is 0 Å². The van der Waals surface area contributed by atoms with Gasteiger partial charge >= 0.3 is 0 Å². The van der Waals surface area contributed by atoms with Crippen molar-refractivity contribution in [3.63, 3.8) is 0 Å². The molecule has 0 bridgehead atoms. The average Bonchev–Trinajstić information content (AvgIpc) is 2.82. The molecule has 6 N–H and O–H groups in total. The van der Waals surface area contributed by atoms with Crippen molar-refractivity contribution in [2.24, 2.45) is 11.6 Å². The first-order valence-corrected chi connectivity index (χ1v) is 9.95. The number of amides is 2. The molecular weight excluding hydrogens is 410 g/mol. The molecule has 0 fully saturated rings. The molecule has 2 rings (SSSR count). The zero-order valence-corrected chi connectivity index (χ0v) is 18.0. The van der Waals surface area contributed by atoms with Crippen LogP contribution >= 0.6 is 0 Å². The molecule has 1 atom stereocenters. The minimum Gasteiger partial charge on any atom is -0.481 e. The molecule has 0 aliphatic rings. The molecule has 1 heterocycles. The second kappa shape index (κ2) is 11.9. The van der Waals surface area contributed by atoms with Gasteiger partial charge in [-0.05, 0) is 23.6 Å². The molecule has 10 heteroatoms. The second-order valence-corrected chi connectivity index (χ2v) is 6.77. The fourth-order valence-electron chi connectivity index (χ4n) is 2.70. The zero-order valence-electron chi connectivity index (χ0n) is 18.0. The van der Waals surface area contributed by atoms with Gasteiger partial charge in [0.15, 0.2) is 0 Å². The molecule has 0 radical (unpaired) electrons. The molecule has 0 aliphatic carbocycles. The fourth-order valence-corrected chi connectivity index (χ4v) is 2.70. The third-order valence-electron chi connectivity index (χ3n) is 4.51. The number of rotatable bonds is 10. The standard InChI is InChI=1S/C22H27N7O3/c1-3-15-7-9-16(10-8-15)19(13-23)28-21(30)17(24)14-29(25)12-11-26-22(31)18-5-4-6-20(27-18)32-2/h4-10,14,19H,3,11-12,24-25H2,1-2H3,(H,26,31)(H,28,30)/b17-14-. The normalized spacial score (nSPS) is 11.8. The Morgan fingerprint density at radius 2 is 2.00 bits per heavy atom. The number of nitrogens with one attached hydrogen (secondary N) is 2. The highest BCUT2D eigenvalue weighted by molar-refractivity contribution is 5.93. The van der Waals surface area contributed by atoms with Gasteiger partial charge in [-0.2, -0.15) is 5.26 Å². The summed E-state index contributed by atoms with van der Waals surface area (Å²) in [6, 6.07) is 13.4. The minimum atomic E-state index is -0.846. The second-order valence-electron chi connectivity index (χ2n) is 6.77. The number of pyridine rings is 1. The first kappa shape index (κ1) is 24.2. The summed E-state index contributed by atoms with van der Waals surface area (Å²) in [5.41, 5.74) is 7.63. The van der Waals surface area contributed by atoms with E-state index in [1.807, 2.05) is 25.1 Å². The lowest BCUT2D eigenvalue weighted by atomic mass is 10.0. The van der Waals surface area contributed by atoms with E-state index in [2.05, 4.69) is 15.6 Å². The molecule has 1 aromatic carbocycles. The molecule has 0 spiro atoms. The van der Waals surface area contributed by atoms with Gasteiger partial charge in [-0.15, -0.1) is 0 Å². The topological polar surface area (TPSA) is 159 Å². The van der Waals surface area contributed by atoms with Crippen molar-refractivity contribution in [3.8, 4) is 11.9 Å². The van der Waals surface area contributed by atoms with Gasteiger partial charge in [0, 0.05) is 18.8 Å². The largest absolute Gasteiger partial charge is 0.481 e. The Labute approximate surface area is 186 Å². The van der Waals surface area contributed by atoms with E-state index in [0.717, 1.165) is 12.0 Å². The average molecular weight is 438 g/mol. The number of ether oxygens (including phenoxy) is 1. The lowest BCUT2D eigenvalue weighted by Gasteiger charge is -2.16. The van der Waals surface area contributed by atoms with Gasteiger partial charge in [0.25, 0.3) is 11.8 Å². The molecule has 2 amide bonds. The molecule has 1 aromatic heterocycles. The lowest BCUT2D eigenvalue weighted by Crippen LogP contribution is -2.38. The van der Waals surface area contributed by atoms with E-state index in [4.69, 9.17) is 16.3 Å². The predicted octanol–water partition coefficient (Wildman–Crippen LogP) is 0.739. The maximum atomic E-state index is 12.3. The number of benzene rings is 1. The number of aryl methyl sites for hydroxylation is 1. The van der Waals surface area contributed by atoms with Gasteiger partial charge in [0.05, 0.1) is 19.7 Å². The van der Waals surface area contributed by atoms with E-state index < -0.39 is 17.9 Å². The summed E-state index contributed by atoms with van der Waals surface area (Å²) in [6.45, 7) is 2.40. The minimum absolute atomic E-state index is 0.168. The summed E-state index contributed by atoms with van der Waals surface area (Å²) in [4.78, 5) is 28.5. The first-order chi connectivity index (χ1) is 15.4. The number of carbonyl (C=O) groups excluding carboxylic acids is 2. The van der Waals surface area contributed by atoms with Gasteiger partial charge in [-0.1, -0.05) is 37.3 Å². The number of hydrogen-bond acceptors (Lipinski definition) is 8. The summed E-state index contributed by atoms with van der Waals surface area (Å²) < 4.78 is 4.99. The summed E-state index contributed by atoms with van der Waals surface area (Å²) >= 11 is 0. The van der Waals surface area contributed by atoms with Crippen molar-refractivity contribution in [1.82, 2.24) is 20.6 Å². The van der Waals surface area contributed by atoms with Crippen LogP contribution in [0.4, 0.5) is 0 Å². The summed E-state index contributed by atoms with van der Waals surface area (Å²) in [6.07, 6.45) is 2.11. The number of nitrogens with zero attached hydrogens (tertiary/aromatic N) is 3. The van der Waals surface area contributed by atoms with Gasteiger partial charge < -0.3 is 26.1 Å². The SMILES string of the molecule is CCc1ccc(C(C#N)NC(=O)/C(N)=C/N(N)CCNC(=O)c2cccc(OC)n2)cc1. The Hall–Kier alpha value is -4.10. The molecule has 10 nitrogen and oxygen atoms in total. The van der Waals surface area contributed by atoms with Gasteiger partial charge in [-0.25, -0.2) is 10.8 Å². The quantitative estimate of drug-likeness (QED) is 0.240. The maximum absolute atomic E-state index is 12.3. The predicted molar refractivity (Wildman–Crippen MR) is 119 cm³/mol. The van der Waals surface area contributed by atoms with Crippen LogP contribution in [0.1, 0.15) is 34.6 Å². The number of nitriles is 1. The van der Waals surface area contributed by atoms with Crippen molar-refractivity contribution >= 4 is 11.8 Å². The van der Waals surface area contributed by atoms with Crippen LogP contribution in [0.2, 0.25) is 0 Å². The smallest absolute Gasteiger partial charge is 0.270 e. The van der Waals surface area contributed by atoms with Crippen molar-refractivity contribution < 1.29 is 14.3 Å². The van der Waals surface area contributed by atoms with Crippen molar-refractivity contribution in [2.75, 3.05) is 20.2 Å². The molecule has 0 saturated heterocycles. The number of hydrogen-bond donors (Lipinski definition) is 4. The Morgan fingerprint density at radius 1 is 1.28 bits per heavy atom. The molecule has 0 aliphatic heterocycles. The number of hydrazine groups is 1. The van der Waals surface area contributed by atoms with E-state index in [1.165, 1.54) is 18.3 Å². The Balaban J connectivity index is 1.86. The van der Waals surface area contributed by atoms with E-state index in [1.54, 1.807) is 30.3 Å². The van der Waals surface area contributed by atoms with Crippen LogP contribution in [-0.2, 0) is 11.2 Å². The summed E-state index contributed by atoms with van der Waals surface area (Å²) in [7, 11) is 1.46. The van der Waals surface area contributed by atoms with Crippen LogP contribution in [-0.4, -0.2) is 42.0 Å². The van der Waals surface area contributed by atoms with Gasteiger partial charge in [0.1, 0.15) is 17.4 Å². The van der Waals surface area contributed by atoms with E-state index in [-0.39, 0.29) is 24.5 Å². The van der Waals surface area contributed by atoms with Crippen LogP contribution in [0.25, 0.3) is 0 Å². The van der Waals surface area contributed by atoms with Crippen LogP contribution < -0.4 is 26.9 Å². The highest BCUT2D eigenvalue weighted by atomic mass is 16.5. The van der Waals surface area contributed by atoms with E-state index in [9.17, 15) is 14.9 Å². The fraction of sp³-hybridized carbons (Fsp3) is 0.273.